The number of ether oxygens (including phenoxy) is 2. The average Bonchev–Trinajstić information content (AvgIpc) is 3.20. The molecule has 2 heterocycles. The summed E-state index contributed by atoms with van der Waals surface area (Å²) in [5, 5.41) is 3.37. The predicted molar refractivity (Wildman–Crippen MR) is 128 cm³/mol. The summed E-state index contributed by atoms with van der Waals surface area (Å²) in [6.45, 7) is 4.80. The molecular formula is C25H25N3O3S. The Labute approximate surface area is 191 Å². The molecule has 32 heavy (non-hydrogen) atoms. The summed E-state index contributed by atoms with van der Waals surface area (Å²) in [5.41, 5.74) is 4.81. The molecule has 0 fully saturated rings. The molecule has 0 aliphatic heterocycles. The van der Waals surface area contributed by atoms with Crippen molar-refractivity contribution in [3.05, 3.63) is 83.2 Å². The molecule has 6 nitrogen and oxygen atoms in total. The van der Waals surface area contributed by atoms with Gasteiger partial charge in [-0.1, -0.05) is 47.2 Å². The third kappa shape index (κ3) is 5.69. The SMILES string of the molecule is CCOCOc1ccc2nc(NC(=O)c3ccc(CCc4ccc(C)cc4)cn3)sc2c1. The number of fused-ring (bicyclic) bond motifs is 1. The lowest BCUT2D eigenvalue weighted by atomic mass is 10.0. The van der Waals surface area contributed by atoms with Gasteiger partial charge in [-0.25, -0.2) is 4.98 Å². The summed E-state index contributed by atoms with van der Waals surface area (Å²) in [5.74, 6) is 0.428. The van der Waals surface area contributed by atoms with Gasteiger partial charge in [-0.05, 0) is 62.1 Å². The Hall–Kier alpha value is -3.29. The van der Waals surface area contributed by atoms with Gasteiger partial charge in [-0.15, -0.1) is 0 Å². The highest BCUT2D eigenvalue weighted by atomic mass is 32.1. The van der Waals surface area contributed by atoms with Crippen LogP contribution in [0.3, 0.4) is 0 Å². The zero-order chi connectivity index (χ0) is 22.3. The maximum atomic E-state index is 12.6. The molecule has 7 heteroatoms. The fraction of sp³-hybridized carbons (Fsp3) is 0.240. The van der Waals surface area contributed by atoms with E-state index >= 15 is 0 Å². The lowest BCUT2D eigenvalue weighted by molar-refractivity contribution is 0.0225. The molecule has 0 aliphatic rings. The number of anilines is 1. The van der Waals surface area contributed by atoms with Crippen LogP contribution >= 0.6 is 11.3 Å². The van der Waals surface area contributed by atoms with E-state index < -0.39 is 0 Å². The van der Waals surface area contributed by atoms with Crippen molar-refractivity contribution in [2.75, 3.05) is 18.7 Å². The Morgan fingerprint density at radius 3 is 2.56 bits per heavy atom. The van der Waals surface area contributed by atoms with E-state index in [-0.39, 0.29) is 12.7 Å². The first kappa shape index (κ1) is 21.9. The largest absolute Gasteiger partial charge is 0.468 e. The van der Waals surface area contributed by atoms with E-state index in [9.17, 15) is 4.79 Å². The van der Waals surface area contributed by atoms with Gasteiger partial charge in [0, 0.05) is 12.8 Å². The van der Waals surface area contributed by atoms with Gasteiger partial charge >= 0.3 is 0 Å². The first-order chi connectivity index (χ1) is 15.6. The van der Waals surface area contributed by atoms with Gasteiger partial charge in [0.1, 0.15) is 11.4 Å². The molecule has 1 N–H and O–H groups in total. The van der Waals surface area contributed by atoms with Gasteiger partial charge in [-0.3, -0.25) is 15.1 Å². The summed E-state index contributed by atoms with van der Waals surface area (Å²) in [7, 11) is 0. The van der Waals surface area contributed by atoms with Gasteiger partial charge in [-0.2, -0.15) is 0 Å². The van der Waals surface area contributed by atoms with Gasteiger partial charge in [0.2, 0.25) is 0 Å². The molecule has 0 spiro atoms. The Morgan fingerprint density at radius 1 is 1.03 bits per heavy atom. The topological polar surface area (TPSA) is 73.3 Å². The fourth-order valence-corrected chi connectivity index (χ4v) is 4.04. The number of aryl methyl sites for hydroxylation is 3. The van der Waals surface area contributed by atoms with Crippen LogP contribution in [0, 0.1) is 6.92 Å². The molecule has 2 aromatic carbocycles. The van der Waals surface area contributed by atoms with Gasteiger partial charge in [0.05, 0.1) is 10.2 Å². The number of carbonyl (C=O) groups excluding carboxylic acids is 1. The number of amides is 1. The van der Waals surface area contributed by atoms with E-state index in [1.54, 1.807) is 12.3 Å². The van der Waals surface area contributed by atoms with Crippen LogP contribution < -0.4 is 10.1 Å². The third-order valence-electron chi connectivity index (χ3n) is 4.97. The first-order valence-electron chi connectivity index (χ1n) is 10.5. The number of rotatable bonds is 9. The van der Waals surface area contributed by atoms with E-state index in [0.29, 0.717) is 23.2 Å². The van der Waals surface area contributed by atoms with Crippen molar-refractivity contribution < 1.29 is 14.3 Å². The first-order valence-corrected chi connectivity index (χ1v) is 11.4. The summed E-state index contributed by atoms with van der Waals surface area (Å²) >= 11 is 1.39. The van der Waals surface area contributed by atoms with Crippen LogP contribution in [-0.4, -0.2) is 29.3 Å². The number of benzene rings is 2. The van der Waals surface area contributed by atoms with Crippen molar-refractivity contribution >= 4 is 32.6 Å². The molecule has 0 saturated heterocycles. The van der Waals surface area contributed by atoms with Crippen LogP contribution in [-0.2, 0) is 17.6 Å². The lowest BCUT2D eigenvalue weighted by Crippen LogP contribution is -2.13. The van der Waals surface area contributed by atoms with E-state index in [1.165, 1.54) is 22.5 Å². The molecular weight excluding hydrogens is 422 g/mol. The maximum Gasteiger partial charge on any atom is 0.276 e. The number of thiazole rings is 1. The van der Waals surface area contributed by atoms with Gasteiger partial charge in [0.25, 0.3) is 5.91 Å². The number of nitrogens with one attached hydrogen (secondary N) is 1. The minimum Gasteiger partial charge on any atom is -0.468 e. The number of hydrogen-bond acceptors (Lipinski definition) is 6. The third-order valence-corrected chi connectivity index (χ3v) is 5.91. The van der Waals surface area contributed by atoms with Crippen molar-refractivity contribution in [1.82, 2.24) is 9.97 Å². The van der Waals surface area contributed by atoms with Crippen molar-refractivity contribution in [2.24, 2.45) is 0 Å². The summed E-state index contributed by atoms with van der Waals surface area (Å²) in [6.07, 6.45) is 3.59. The highest BCUT2D eigenvalue weighted by Gasteiger charge is 2.12. The quantitative estimate of drug-likeness (QED) is 0.274. The molecule has 0 atom stereocenters. The average molecular weight is 448 g/mol. The normalized spacial score (nSPS) is 10.9. The predicted octanol–water partition coefficient (Wildman–Crippen LogP) is 5.41. The van der Waals surface area contributed by atoms with Crippen LogP contribution in [0.1, 0.15) is 34.1 Å². The smallest absolute Gasteiger partial charge is 0.276 e. The van der Waals surface area contributed by atoms with Crippen LogP contribution in [0.4, 0.5) is 5.13 Å². The van der Waals surface area contributed by atoms with Crippen LogP contribution in [0.2, 0.25) is 0 Å². The van der Waals surface area contributed by atoms with E-state index in [2.05, 4.69) is 46.5 Å². The van der Waals surface area contributed by atoms with Crippen molar-refractivity contribution in [2.45, 2.75) is 26.7 Å². The van der Waals surface area contributed by atoms with Crippen molar-refractivity contribution in [1.29, 1.82) is 0 Å². The van der Waals surface area contributed by atoms with Crippen LogP contribution in [0.5, 0.6) is 5.75 Å². The van der Waals surface area contributed by atoms with E-state index in [4.69, 9.17) is 9.47 Å². The summed E-state index contributed by atoms with van der Waals surface area (Å²) in [4.78, 5) is 21.4. The maximum absolute atomic E-state index is 12.6. The number of aromatic nitrogens is 2. The van der Waals surface area contributed by atoms with E-state index in [1.807, 2.05) is 31.2 Å². The second-order valence-corrected chi connectivity index (χ2v) is 8.43. The standard InChI is InChI=1S/C25H25N3O3S/c1-3-30-16-31-20-11-13-21-23(14-20)32-25(27-21)28-24(29)22-12-10-19(15-26-22)9-8-18-6-4-17(2)5-7-18/h4-7,10-15H,3,8-9,16H2,1-2H3,(H,27,28,29). The molecule has 0 aliphatic carbocycles. The number of pyridine rings is 1. The molecule has 0 radical (unpaired) electrons. The highest BCUT2D eigenvalue weighted by molar-refractivity contribution is 7.22. The molecule has 164 valence electrons. The van der Waals surface area contributed by atoms with E-state index in [0.717, 1.165) is 28.6 Å². The monoisotopic (exact) mass is 447 g/mol. The second-order valence-electron chi connectivity index (χ2n) is 7.39. The molecule has 0 unspecified atom stereocenters. The second kappa shape index (κ2) is 10.3. The summed E-state index contributed by atoms with van der Waals surface area (Å²) < 4.78 is 11.7. The van der Waals surface area contributed by atoms with Crippen LogP contribution in [0.15, 0.2) is 60.8 Å². The molecule has 4 aromatic rings. The number of hydrogen-bond donors (Lipinski definition) is 1. The van der Waals surface area contributed by atoms with Gasteiger partial charge < -0.3 is 9.47 Å². The Morgan fingerprint density at radius 2 is 1.81 bits per heavy atom. The van der Waals surface area contributed by atoms with Gasteiger partial charge in [0.15, 0.2) is 11.9 Å². The Kier molecular flexibility index (Phi) is 7.09. The van der Waals surface area contributed by atoms with Crippen molar-refractivity contribution in [3.8, 4) is 5.75 Å². The van der Waals surface area contributed by atoms with Crippen LogP contribution in [0.25, 0.3) is 10.2 Å². The minimum atomic E-state index is -0.276. The van der Waals surface area contributed by atoms with Crippen molar-refractivity contribution in [3.63, 3.8) is 0 Å². The Bertz CT molecular complexity index is 1190. The zero-order valence-electron chi connectivity index (χ0n) is 18.1. The molecule has 4 rings (SSSR count). The minimum absolute atomic E-state index is 0.205. The zero-order valence-corrected chi connectivity index (χ0v) is 18.9. The lowest BCUT2D eigenvalue weighted by Gasteiger charge is -2.04. The highest BCUT2D eigenvalue weighted by Crippen LogP contribution is 2.29. The molecule has 2 aromatic heterocycles. The molecule has 1 amide bonds. The Balaban J connectivity index is 1.35. The fourth-order valence-electron chi connectivity index (χ4n) is 3.15. The summed E-state index contributed by atoms with van der Waals surface area (Å²) in [6, 6.07) is 17.8. The number of carbonyl (C=O) groups is 1. The number of nitrogens with zero attached hydrogens (tertiary/aromatic N) is 2. The molecule has 0 bridgehead atoms. The molecule has 0 saturated carbocycles.